The van der Waals surface area contributed by atoms with Gasteiger partial charge in [-0.3, -0.25) is 4.98 Å². The first-order chi connectivity index (χ1) is 8.86. The molecule has 0 saturated carbocycles. The first kappa shape index (κ1) is 15.7. The second-order valence-electron chi connectivity index (χ2n) is 3.15. The van der Waals surface area contributed by atoms with Gasteiger partial charge in [-0.1, -0.05) is 24.3 Å². The molecule has 0 atom stereocenters. The van der Waals surface area contributed by atoms with Gasteiger partial charge in [0.2, 0.25) is 0 Å². The molecule has 1 aromatic heterocycles. The zero-order chi connectivity index (χ0) is 12.6. The molecule has 0 fully saturated rings. The summed E-state index contributed by atoms with van der Waals surface area (Å²) < 4.78 is 8.29. The number of aromatic nitrogens is 1. The standard InChI is InChI=1S/C12H10N2O3S.Pt/c15-12(11-8-4-5-9-13-11)14-18-17-16-10-6-2-1-3-7-10;/h1-9H,(H,14,15);/p-1. The van der Waals surface area contributed by atoms with Crippen LogP contribution in [0.1, 0.15) is 10.5 Å². The fraction of sp³-hybridized carbons (Fsp3) is 0. The molecule has 19 heavy (non-hydrogen) atoms. The van der Waals surface area contributed by atoms with Crippen molar-refractivity contribution in [1.82, 2.24) is 4.98 Å². The molecule has 0 aliphatic heterocycles. The average Bonchev–Trinajstić information content (AvgIpc) is 2.45. The van der Waals surface area contributed by atoms with Crippen molar-refractivity contribution in [2.45, 2.75) is 0 Å². The van der Waals surface area contributed by atoms with Gasteiger partial charge in [-0.2, -0.15) is 0 Å². The van der Waals surface area contributed by atoms with Crippen LogP contribution in [0.25, 0.3) is 4.72 Å². The Morgan fingerprint density at radius 2 is 1.84 bits per heavy atom. The smallest absolute Gasteiger partial charge is 0.166 e. The Morgan fingerprint density at radius 3 is 2.53 bits per heavy atom. The zero-order valence-electron chi connectivity index (χ0n) is 9.54. The molecule has 1 heterocycles. The van der Waals surface area contributed by atoms with Gasteiger partial charge in [0.05, 0.1) is 5.69 Å². The van der Waals surface area contributed by atoms with Crippen molar-refractivity contribution in [3.63, 3.8) is 0 Å². The summed E-state index contributed by atoms with van der Waals surface area (Å²) in [5.41, 5.74) is 0.258. The van der Waals surface area contributed by atoms with Crippen LogP contribution in [0.3, 0.4) is 0 Å². The van der Waals surface area contributed by atoms with E-state index in [0.717, 1.165) is 0 Å². The van der Waals surface area contributed by atoms with E-state index in [1.807, 2.05) is 6.07 Å². The van der Waals surface area contributed by atoms with Crippen LogP contribution < -0.4 is 4.89 Å². The maximum Gasteiger partial charge on any atom is 0.166 e. The molecule has 0 N–H and O–H groups in total. The largest absolute Gasteiger partial charge is 0.567 e. The number of benzene rings is 1. The van der Waals surface area contributed by atoms with E-state index in [9.17, 15) is 4.79 Å². The van der Waals surface area contributed by atoms with Gasteiger partial charge in [0.25, 0.3) is 0 Å². The minimum absolute atomic E-state index is 0. The summed E-state index contributed by atoms with van der Waals surface area (Å²) in [4.78, 5) is 20.2. The van der Waals surface area contributed by atoms with E-state index in [-0.39, 0.29) is 26.8 Å². The van der Waals surface area contributed by atoms with E-state index in [1.54, 1.807) is 42.5 Å². The Kier molecular flexibility index (Phi) is 7.18. The molecular formula is C12H9N2O3PtS-. The van der Waals surface area contributed by atoms with Crippen molar-refractivity contribution in [3.8, 4) is 5.75 Å². The van der Waals surface area contributed by atoms with Crippen LogP contribution in [0, 0.1) is 0 Å². The maximum absolute atomic E-state index is 11.5. The van der Waals surface area contributed by atoms with Crippen LogP contribution >= 0.6 is 12.2 Å². The molecule has 0 spiro atoms. The summed E-state index contributed by atoms with van der Waals surface area (Å²) in [6, 6.07) is 13.9. The molecule has 7 heteroatoms. The summed E-state index contributed by atoms with van der Waals surface area (Å²) in [5, 5.41) is 0. The molecule has 102 valence electrons. The van der Waals surface area contributed by atoms with Crippen LogP contribution in [0.4, 0.5) is 0 Å². The summed E-state index contributed by atoms with van der Waals surface area (Å²) in [6.07, 6.45) is 1.52. The number of carbonyl (C=O) groups is 1. The molecular weight excluding hydrogens is 447 g/mol. The number of hydrogen-bond acceptors (Lipinski definition) is 5. The van der Waals surface area contributed by atoms with Gasteiger partial charge in [0, 0.05) is 27.3 Å². The van der Waals surface area contributed by atoms with Crippen LogP contribution in [0.5, 0.6) is 5.75 Å². The van der Waals surface area contributed by atoms with Crippen LogP contribution in [0.15, 0.2) is 54.7 Å². The second kappa shape index (κ2) is 8.69. The average molecular weight is 456 g/mol. The third-order valence-corrected chi connectivity index (χ3v) is 2.28. The number of pyridine rings is 1. The van der Waals surface area contributed by atoms with Crippen molar-refractivity contribution >= 4 is 18.1 Å². The molecule has 0 aliphatic carbocycles. The van der Waals surface area contributed by atoms with Crippen molar-refractivity contribution in [3.05, 3.63) is 65.1 Å². The molecule has 1 aromatic carbocycles. The van der Waals surface area contributed by atoms with E-state index in [4.69, 9.17) is 9.22 Å². The number of para-hydroxylation sites is 1. The third-order valence-electron chi connectivity index (χ3n) is 1.91. The van der Waals surface area contributed by atoms with Crippen LogP contribution in [-0.4, -0.2) is 10.9 Å². The number of hydrogen-bond donors (Lipinski definition) is 0. The second-order valence-corrected chi connectivity index (χ2v) is 3.62. The Bertz CT molecular complexity index is 499. The van der Waals surface area contributed by atoms with Crippen molar-refractivity contribution in [1.29, 1.82) is 0 Å². The predicted molar refractivity (Wildman–Crippen MR) is 67.7 cm³/mol. The normalized spacial score (nSPS) is 9.26. The monoisotopic (exact) mass is 456 g/mol. The van der Waals surface area contributed by atoms with Crippen LogP contribution in [-0.2, 0) is 25.4 Å². The van der Waals surface area contributed by atoms with E-state index < -0.39 is 5.91 Å². The molecule has 0 aliphatic rings. The Balaban J connectivity index is 0.00000180. The Labute approximate surface area is 129 Å². The SMILES string of the molecule is O=C([N-]SOOc1ccccc1)c1ccccn1.[Pt]. The van der Waals surface area contributed by atoms with E-state index in [0.29, 0.717) is 18.0 Å². The summed E-state index contributed by atoms with van der Waals surface area (Å²) in [6.45, 7) is 0. The van der Waals surface area contributed by atoms with Gasteiger partial charge < -0.3 is 14.4 Å². The zero-order valence-corrected chi connectivity index (χ0v) is 12.6. The van der Waals surface area contributed by atoms with Gasteiger partial charge in [-0.05, 0) is 36.5 Å². The topological polar surface area (TPSA) is 62.5 Å². The van der Waals surface area contributed by atoms with Crippen molar-refractivity contribution in [2.24, 2.45) is 0 Å². The first-order valence-corrected chi connectivity index (χ1v) is 5.78. The van der Waals surface area contributed by atoms with Gasteiger partial charge in [0.1, 0.15) is 5.91 Å². The molecule has 0 unspecified atom stereocenters. The maximum atomic E-state index is 11.5. The van der Waals surface area contributed by atoms with E-state index in [1.165, 1.54) is 6.20 Å². The minimum Gasteiger partial charge on any atom is -0.567 e. The minimum atomic E-state index is -0.475. The predicted octanol–water partition coefficient (Wildman–Crippen LogP) is 3.17. The summed E-state index contributed by atoms with van der Waals surface area (Å²) in [7, 11) is 0. The quantitative estimate of drug-likeness (QED) is 0.228. The van der Waals surface area contributed by atoms with E-state index in [2.05, 4.69) is 9.71 Å². The summed E-state index contributed by atoms with van der Waals surface area (Å²) in [5.74, 6) is 0.0581. The fourth-order valence-electron chi connectivity index (χ4n) is 1.12. The molecule has 1 amide bonds. The van der Waals surface area contributed by atoms with Gasteiger partial charge in [-0.15, -0.1) is 4.33 Å². The van der Waals surface area contributed by atoms with E-state index >= 15 is 0 Å². The number of rotatable bonds is 5. The molecule has 0 saturated heterocycles. The van der Waals surface area contributed by atoms with Crippen LogP contribution in [0.2, 0.25) is 0 Å². The fourth-order valence-corrected chi connectivity index (χ4v) is 1.42. The van der Waals surface area contributed by atoms with Gasteiger partial charge >= 0.3 is 0 Å². The molecule has 2 aromatic rings. The number of carbonyl (C=O) groups excluding carboxylic acids is 1. The molecule has 0 bridgehead atoms. The van der Waals surface area contributed by atoms with Crippen molar-refractivity contribution < 1.29 is 35.1 Å². The van der Waals surface area contributed by atoms with Gasteiger partial charge in [0.15, 0.2) is 5.75 Å². The first-order valence-electron chi connectivity index (χ1n) is 5.08. The summed E-state index contributed by atoms with van der Waals surface area (Å²) >= 11 is 0.564. The third kappa shape index (κ3) is 5.42. The molecule has 2 rings (SSSR count). The molecule has 0 radical (unpaired) electrons. The Hall–Kier alpha value is -1.36. The van der Waals surface area contributed by atoms with Crippen molar-refractivity contribution in [2.75, 3.05) is 0 Å². The van der Waals surface area contributed by atoms with Gasteiger partial charge in [-0.25, -0.2) is 0 Å². The number of amides is 1. The Morgan fingerprint density at radius 1 is 1.11 bits per heavy atom. The molecule has 5 nitrogen and oxygen atoms in total. The number of nitrogens with zero attached hydrogens (tertiary/aromatic N) is 2.